The predicted octanol–water partition coefficient (Wildman–Crippen LogP) is 7.73. The molecule has 2 aromatic heterocycles. The van der Waals surface area contributed by atoms with Crippen LogP contribution in [0.1, 0.15) is 46.5 Å². The number of methoxy groups -OCH3 is 1. The van der Waals surface area contributed by atoms with Gasteiger partial charge in [0.15, 0.2) is 5.82 Å². The van der Waals surface area contributed by atoms with Crippen molar-refractivity contribution in [3.63, 3.8) is 0 Å². The molecule has 0 saturated heterocycles. The summed E-state index contributed by atoms with van der Waals surface area (Å²) in [6, 6.07) is 14.1. The number of anilines is 1. The Balaban J connectivity index is 1.51. The average Bonchev–Trinajstić information content (AvgIpc) is 3.37. The van der Waals surface area contributed by atoms with Gasteiger partial charge in [0.2, 0.25) is 0 Å². The van der Waals surface area contributed by atoms with E-state index in [0.29, 0.717) is 28.4 Å². The molecular weight excluding hydrogens is 571 g/mol. The minimum atomic E-state index is -0.798. The maximum absolute atomic E-state index is 15.4. The number of nitrogens with one attached hydrogen (secondary N) is 1. The number of nitrogens with zero attached hydrogens (tertiary/aromatic N) is 3. The molecule has 3 fully saturated rings. The molecule has 43 heavy (non-hydrogen) atoms. The SMILES string of the molecule is COC(=O)C1C2CCC(CC2)C1Nc1cc(-c2ccccc2)nc(-c2cn(C(=O)OC(C)(C)C)c3c(F)cc(Cl)cc23)n1. The standard InChI is InChI=1S/C33H34ClFN4O4/c1-33(2,3)43-32(41)39-17-23(22-14-21(34)15-24(35)29(22)39)30-36-25(18-8-6-5-7-9-18)16-26(38-30)37-28-20-12-10-19(11-13-20)27(28)31(40)42-4/h5-9,14-17,19-20,27-28H,10-13H2,1-4H3,(H,36,37,38). The summed E-state index contributed by atoms with van der Waals surface area (Å²) in [5.74, 6) is 0.185. The number of benzene rings is 2. The van der Waals surface area contributed by atoms with E-state index in [-0.39, 0.29) is 40.2 Å². The first kappa shape index (κ1) is 29.1. The Kier molecular flexibility index (Phi) is 7.62. The van der Waals surface area contributed by atoms with Gasteiger partial charge in [-0.3, -0.25) is 4.79 Å². The molecular formula is C33H34ClFN4O4. The van der Waals surface area contributed by atoms with E-state index in [1.807, 2.05) is 36.4 Å². The number of rotatable bonds is 5. The fraction of sp³-hybridized carbons (Fsp3) is 0.394. The summed E-state index contributed by atoms with van der Waals surface area (Å²) in [7, 11) is 1.43. The molecule has 3 saturated carbocycles. The van der Waals surface area contributed by atoms with Gasteiger partial charge in [-0.15, -0.1) is 0 Å². The van der Waals surface area contributed by atoms with Crippen LogP contribution in [0, 0.1) is 23.6 Å². The van der Waals surface area contributed by atoms with Gasteiger partial charge >= 0.3 is 12.1 Å². The molecule has 2 bridgehead atoms. The lowest BCUT2D eigenvalue weighted by molar-refractivity contribution is -0.152. The maximum atomic E-state index is 15.4. The Morgan fingerprint density at radius 1 is 1.02 bits per heavy atom. The molecule has 2 heterocycles. The lowest BCUT2D eigenvalue weighted by Gasteiger charge is -2.47. The van der Waals surface area contributed by atoms with E-state index < -0.39 is 17.5 Å². The molecule has 3 aliphatic carbocycles. The third kappa shape index (κ3) is 5.70. The van der Waals surface area contributed by atoms with Crippen molar-refractivity contribution >= 4 is 40.4 Å². The molecule has 2 aromatic carbocycles. The van der Waals surface area contributed by atoms with Crippen molar-refractivity contribution in [2.24, 2.45) is 17.8 Å². The Labute approximate surface area is 254 Å². The zero-order chi connectivity index (χ0) is 30.5. The van der Waals surface area contributed by atoms with E-state index in [4.69, 9.17) is 31.0 Å². The second-order valence-electron chi connectivity index (χ2n) is 12.4. The molecule has 1 N–H and O–H groups in total. The number of hydrogen-bond donors (Lipinski definition) is 1. The van der Waals surface area contributed by atoms with E-state index in [2.05, 4.69) is 5.32 Å². The second kappa shape index (κ2) is 11.3. The fourth-order valence-corrected chi connectivity index (χ4v) is 6.82. The summed E-state index contributed by atoms with van der Waals surface area (Å²) < 4.78 is 27.3. The summed E-state index contributed by atoms with van der Waals surface area (Å²) in [5, 5.41) is 4.12. The first-order valence-electron chi connectivity index (χ1n) is 14.5. The Morgan fingerprint density at radius 3 is 2.40 bits per heavy atom. The van der Waals surface area contributed by atoms with Gasteiger partial charge in [0.25, 0.3) is 0 Å². The van der Waals surface area contributed by atoms with Crippen LogP contribution in [0.15, 0.2) is 54.7 Å². The van der Waals surface area contributed by atoms with Crippen molar-refractivity contribution in [2.45, 2.75) is 58.1 Å². The van der Waals surface area contributed by atoms with E-state index in [0.717, 1.165) is 41.9 Å². The van der Waals surface area contributed by atoms with Crippen LogP contribution >= 0.6 is 11.6 Å². The van der Waals surface area contributed by atoms with Crippen molar-refractivity contribution in [3.05, 3.63) is 65.6 Å². The minimum Gasteiger partial charge on any atom is -0.469 e. The number of ether oxygens (including phenoxy) is 2. The van der Waals surface area contributed by atoms with Crippen molar-refractivity contribution in [1.82, 2.24) is 14.5 Å². The number of fused-ring (bicyclic) bond motifs is 4. The second-order valence-corrected chi connectivity index (χ2v) is 12.8. The molecule has 8 nitrogen and oxygen atoms in total. The lowest BCUT2D eigenvalue weighted by Crippen LogP contribution is -2.51. The third-order valence-corrected chi connectivity index (χ3v) is 8.67. The zero-order valence-corrected chi connectivity index (χ0v) is 25.3. The van der Waals surface area contributed by atoms with E-state index in [1.54, 1.807) is 26.8 Å². The topological polar surface area (TPSA) is 95.3 Å². The van der Waals surface area contributed by atoms with Gasteiger partial charge in [-0.2, -0.15) is 0 Å². The fourth-order valence-electron chi connectivity index (χ4n) is 6.61. The number of carbonyl (C=O) groups excluding carboxylic acids is 2. The van der Waals surface area contributed by atoms with Crippen LogP contribution in [0.4, 0.5) is 15.0 Å². The van der Waals surface area contributed by atoms with Crippen molar-refractivity contribution in [1.29, 1.82) is 0 Å². The molecule has 2 unspecified atom stereocenters. The minimum absolute atomic E-state index is 0.0206. The number of aromatic nitrogens is 3. The molecule has 0 aliphatic heterocycles. The van der Waals surface area contributed by atoms with Crippen LogP contribution in [0.2, 0.25) is 5.02 Å². The highest BCUT2D eigenvalue weighted by Crippen LogP contribution is 2.47. The highest BCUT2D eigenvalue weighted by molar-refractivity contribution is 6.31. The van der Waals surface area contributed by atoms with Crippen LogP contribution in [0.3, 0.4) is 0 Å². The third-order valence-electron chi connectivity index (χ3n) is 8.45. The van der Waals surface area contributed by atoms with Crippen LogP contribution in [-0.4, -0.2) is 45.4 Å². The van der Waals surface area contributed by atoms with Gasteiger partial charge in [0, 0.05) is 39.8 Å². The number of halogens is 2. The van der Waals surface area contributed by atoms with Crippen LogP contribution in [-0.2, 0) is 14.3 Å². The van der Waals surface area contributed by atoms with Gasteiger partial charge in [-0.25, -0.2) is 23.7 Å². The van der Waals surface area contributed by atoms with Crippen LogP contribution in [0.25, 0.3) is 33.5 Å². The molecule has 0 spiro atoms. The highest BCUT2D eigenvalue weighted by Gasteiger charge is 2.48. The van der Waals surface area contributed by atoms with Gasteiger partial charge in [0.05, 0.1) is 24.2 Å². The van der Waals surface area contributed by atoms with Crippen molar-refractivity contribution < 1.29 is 23.5 Å². The predicted molar refractivity (Wildman–Crippen MR) is 163 cm³/mol. The molecule has 10 heteroatoms. The quantitative estimate of drug-likeness (QED) is 0.233. The summed E-state index contributed by atoms with van der Waals surface area (Å²) in [4.78, 5) is 35.9. The average molecular weight is 605 g/mol. The first-order chi connectivity index (χ1) is 20.5. The molecule has 3 aliphatic rings. The van der Waals surface area contributed by atoms with Gasteiger partial charge in [-0.1, -0.05) is 41.9 Å². The normalized spacial score (nSPS) is 21.5. The largest absolute Gasteiger partial charge is 0.469 e. The summed E-state index contributed by atoms with van der Waals surface area (Å²) in [5.41, 5.74) is 1.12. The van der Waals surface area contributed by atoms with Crippen molar-refractivity contribution in [2.75, 3.05) is 12.4 Å². The molecule has 2 atom stereocenters. The zero-order valence-electron chi connectivity index (χ0n) is 24.6. The van der Waals surface area contributed by atoms with Gasteiger partial charge in [0.1, 0.15) is 17.2 Å². The molecule has 0 amide bonds. The molecule has 0 radical (unpaired) electrons. The Hall–Kier alpha value is -3.98. The molecule has 224 valence electrons. The first-order valence-corrected chi connectivity index (χ1v) is 14.9. The molecule has 7 rings (SSSR count). The van der Waals surface area contributed by atoms with Gasteiger partial charge < -0.3 is 14.8 Å². The smallest absolute Gasteiger partial charge is 0.419 e. The monoisotopic (exact) mass is 604 g/mol. The van der Waals surface area contributed by atoms with Crippen LogP contribution in [0.5, 0.6) is 0 Å². The van der Waals surface area contributed by atoms with Crippen molar-refractivity contribution in [3.8, 4) is 22.6 Å². The van der Waals surface area contributed by atoms with E-state index in [9.17, 15) is 9.59 Å². The Bertz CT molecular complexity index is 1690. The van der Waals surface area contributed by atoms with E-state index in [1.165, 1.54) is 13.3 Å². The number of carbonyl (C=O) groups is 2. The highest BCUT2D eigenvalue weighted by atomic mass is 35.5. The number of esters is 1. The molecule has 4 aromatic rings. The van der Waals surface area contributed by atoms with E-state index >= 15 is 4.39 Å². The summed E-state index contributed by atoms with van der Waals surface area (Å²) in [6.07, 6.45) is 4.82. The van der Waals surface area contributed by atoms with Crippen LogP contribution < -0.4 is 5.32 Å². The number of hydrogen-bond acceptors (Lipinski definition) is 7. The lowest BCUT2D eigenvalue weighted by atomic mass is 9.61. The summed E-state index contributed by atoms with van der Waals surface area (Å²) >= 11 is 6.30. The maximum Gasteiger partial charge on any atom is 0.419 e. The Morgan fingerprint density at radius 2 is 1.72 bits per heavy atom. The summed E-state index contributed by atoms with van der Waals surface area (Å²) in [6.45, 7) is 5.23. The van der Waals surface area contributed by atoms with Gasteiger partial charge in [-0.05, 0) is 70.4 Å².